The summed E-state index contributed by atoms with van der Waals surface area (Å²) >= 11 is 31.4. The van der Waals surface area contributed by atoms with Gasteiger partial charge in [-0.1, -0.05) is 118 Å². The molecule has 1 aliphatic heterocycles. The molecule has 58 heavy (non-hydrogen) atoms. The molecule has 0 atom stereocenters. The number of halogens is 7. The number of amides is 1. The van der Waals surface area contributed by atoms with Gasteiger partial charge in [-0.25, -0.2) is 0 Å². The van der Waals surface area contributed by atoms with Crippen molar-refractivity contribution in [3.63, 3.8) is 0 Å². The fourth-order valence-corrected chi connectivity index (χ4v) is 8.79. The molecule has 0 saturated heterocycles. The second-order valence-corrected chi connectivity index (χ2v) is 24.4. The van der Waals surface area contributed by atoms with Crippen LogP contribution in [-0.4, -0.2) is 41.4 Å². The van der Waals surface area contributed by atoms with Gasteiger partial charge >= 0.3 is 0 Å². The van der Waals surface area contributed by atoms with Gasteiger partial charge in [0.05, 0.1) is 28.6 Å². The minimum atomic E-state index is -1.10. The summed E-state index contributed by atoms with van der Waals surface area (Å²) in [5.74, 6) is 0.0816. The van der Waals surface area contributed by atoms with Gasteiger partial charge in [0.2, 0.25) is 5.91 Å². The highest BCUT2D eigenvalue weighted by Gasteiger charge is 2.18. The van der Waals surface area contributed by atoms with Crippen LogP contribution in [0, 0.1) is 22.7 Å². The van der Waals surface area contributed by atoms with Crippen molar-refractivity contribution in [3.8, 4) is 12.1 Å². The first-order valence-electron chi connectivity index (χ1n) is 17.4. The molecule has 0 radical (unpaired) electrons. The fourth-order valence-electron chi connectivity index (χ4n) is 5.77. The predicted molar refractivity (Wildman–Crippen MR) is 252 cm³/mol. The van der Waals surface area contributed by atoms with E-state index in [2.05, 4.69) is 111 Å². The first-order valence-corrected chi connectivity index (χ1v) is 25.4. The van der Waals surface area contributed by atoms with Crippen LogP contribution in [0.4, 0.5) is 5.69 Å². The van der Waals surface area contributed by atoms with Crippen molar-refractivity contribution in [2.45, 2.75) is 38.8 Å². The highest BCUT2D eigenvalue weighted by atomic mass is 79.9. The molecule has 0 saturated carbocycles. The van der Waals surface area contributed by atoms with E-state index in [0.29, 0.717) is 45.3 Å². The molecule has 7 aromatic rings. The lowest BCUT2D eigenvalue weighted by molar-refractivity contribution is -0.115. The molecule has 1 amide bonds. The van der Waals surface area contributed by atoms with Crippen LogP contribution in [0.15, 0.2) is 90.7 Å². The maximum atomic E-state index is 10.9. The maximum Gasteiger partial charge on any atom is 0.228 e. The standard InChI is InChI=1S/C15H18BrClN2OSi.C9H4BrClN2.C9H5BrClNO.C8H6BrNO/c1-21(2,3)7-6-20-10-19-14-5-4-11(16)8-12(14)13(9-18)15(19)17;10-5-1-2-8-6(3-5)7(4-12)9(11)13-8;10-5-1-2-8-6(3-5)7(4-13)9(11)12-8;9-6-1-2-7-5(3-6)4-8(11)10-7/h4-5,8H,6-7,10H2,1-3H3;1-3,13H;1-4,12H;1-3H,4H2,(H,10,11). The first kappa shape index (κ1) is 45.7. The van der Waals surface area contributed by atoms with Gasteiger partial charge in [-0.3, -0.25) is 9.59 Å². The van der Waals surface area contributed by atoms with Crippen molar-refractivity contribution < 1.29 is 14.3 Å². The van der Waals surface area contributed by atoms with E-state index in [1.807, 2.05) is 77.4 Å². The van der Waals surface area contributed by atoms with Crippen LogP contribution in [0.3, 0.4) is 0 Å². The molecule has 4 aromatic carbocycles. The van der Waals surface area contributed by atoms with Crippen molar-refractivity contribution in [3.05, 3.63) is 128 Å². The van der Waals surface area contributed by atoms with E-state index in [9.17, 15) is 14.9 Å². The Morgan fingerprint density at radius 2 is 1.33 bits per heavy atom. The van der Waals surface area contributed by atoms with Crippen molar-refractivity contribution >= 4 is 157 Å². The minimum absolute atomic E-state index is 0.0816. The number of carbonyl (C=O) groups excluding carboxylic acids is 2. The number of carbonyl (C=O) groups is 2. The van der Waals surface area contributed by atoms with Crippen LogP contribution in [0.5, 0.6) is 0 Å². The Morgan fingerprint density at radius 1 is 0.776 bits per heavy atom. The number of nitrogens with one attached hydrogen (secondary N) is 3. The molecule has 17 heteroatoms. The average molecular weight is 1110 g/mol. The number of fused-ring (bicyclic) bond motifs is 4. The number of benzene rings is 4. The smallest absolute Gasteiger partial charge is 0.228 e. The normalized spacial score (nSPS) is 11.7. The third-order valence-electron chi connectivity index (χ3n) is 8.68. The second-order valence-electron chi connectivity index (χ2n) is 14.0. The number of ether oxygens (including phenoxy) is 1. The van der Waals surface area contributed by atoms with Gasteiger partial charge in [0.25, 0.3) is 0 Å². The SMILES string of the molecule is C[Si](C)(C)CCOCn1c(Cl)c(C#N)c2cc(Br)ccc21.N#Cc1c(Cl)[nH]c2ccc(Br)cc12.O=C1Cc2cc(Br)ccc2N1.O=Cc1c(Cl)[nH]c2ccc(Br)cc12. The van der Waals surface area contributed by atoms with Gasteiger partial charge in [-0.15, -0.1) is 0 Å². The molecule has 0 bridgehead atoms. The topological polar surface area (TPSA) is 139 Å². The Kier molecular flexibility index (Phi) is 15.9. The van der Waals surface area contributed by atoms with E-state index in [1.54, 1.807) is 0 Å². The summed E-state index contributed by atoms with van der Waals surface area (Å²) in [6.45, 7) is 8.06. The van der Waals surface area contributed by atoms with Crippen molar-refractivity contribution in [1.82, 2.24) is 14.5 Å². The number of anilines is 1. The molecule has 4 heterocycles. The minimum Gasteiger partial charge on any atom is -0.361 e. The zero-order chi connectivity index (χ0) is 42.3. The molecule has 8 rings (SSSR count). The fraction of sp³-hybridized carbons (Fsp3) is 0.171. The van der Waals surface area contributed by atoms with Gasteiger partial charge in [0, 0.05) is 65.5 Å². The Hall–Kier alpha value is -3.41. The van der Waals surface area contributed by atoms with E-state index in [0.717, 1.165) is 80.8 Å². The lowest BCUT2D eigenvalue weighted by Crippen LogP contribution is -2.22. The van der Waals surface area contributed by atoms with Crippen LogP contribution in [0.1, 0.15) is 27.0 Å². The third-order valence-corrected chi connectivity index (χ3v) is 13.3. The van der Waals surface area contributed by atoms with Gasteiger partial charge in [-0.2, -0.15) is 10.5 Å². The number of nitriles is 2. The molecule has 0 spiro atoms. The van der Waals surface area contributed by atoms with Crippen LogP contribution in [0.2, 0.25) is 41.1 Å². The Bertz CT molecular complexity index is 2750. The summed E-state index contributed by atoms with van der Waals surface area (Å²) in [6.07, 6.45) is 1.27. The summed E-state index contributed by atoms with van der Waals surface area (Å²) in [5.41, 5.74) is 6.20. The molecule has 0 unspecified atom stereocenters. The number of aromatic amines is 2. The molecule has 0 fully saturated rings. The summed E-state index contributed by atoms with van der Waals surface area (Å²) in [4.78, 5) is 27.4. The number of aldehydes is 1. The highest BCUT2D eigenvalue weighted by Crippen LogP contribution is 2.32. The highest BCUT2D eigenvalue weighted by molar-refractivity contribution is 9.11. The van der Waals surface area contributed by atoms with Gasteiger partial charge in [0.1, 0.15) is 34.3 Å². The summed E-state index contributed by atoms with van der Waals surface area (Å²) in [5, 5.41) is 24.7. The largest absolute Gasteiger partial charge is 0.361 e. The quantitative estimate of drug-likeness (QED) is 0.0864. The van der Waals surface area contributed by atoms with Gasteiger partial charge < -0.3 is 24.6 Å². The van der Waals surface area contributed by atoms with E-state index in [4.69, 9.17) is 44.8 Å². The number of nitrogens with zero attached hydrogens (tertiary/aromatic N) is 3. The summed E-state index contributed by atoms with van der Waals surface area (Å²) < 4.78 is 11.4. The third kappa shape index (κ3) is 11.4. The first-order chi connectivity index (χ1) is 27.5. The molecular weight excluding hydrogens is 1080 g/mol. The molecule has 3 N–H and O–H groups in total. The number of H-pyrrole nitrogens is 2. The number of hydrogen-bond donors (Lipinski definition) is 3. The summed E-state index contributed by atoms with van der Waals surface area (Å²) in [7, 11) is -1.10. The van der Waals surface area contributed by atoms with Crippen LogP contribution in [-0.2, 0) is 22.7 Å². The lowest BCUT2D eigenvalue weighted by atomic mass is 10.2. The predicted octanol–water partition coefficient (Wildman–Crippen LogP) is 14.0. The Labute approximate surface area is 384 Å². The van der Waals surface area contributed by atoms with E-state index < -0.39 is 8.07 Å². The number of aromatic nitrogens is 3. The number of rotatable bonds is 6. The van der Waals surface area contributed by atoms with Crippen molar-refractivity contribution in [1.29, 1.82) is 10.5 Å². The van der Waals surface area contributed by atoms with Crippen molar-refractivity contribution in [2.24, 2.45) is 0 Å². The van der Waals surface area contributed by atoms with E-state index in [1.165, 1.54) is 0 Å². The van der Waals surface area contributed by atoms with Crippen LogP contribution >= 0.6 is 98.5 Å². The molecular formula is C41H33Br4Cl3N6O3Si. The van der Waals surface area contributed by atoms with Crippen LogP contribution < -0.4 is 5.32 Å². The van der Waals surface area contributed by atoms with E-state index >= 15 is 0 Å². The molecule has 3 aromatic heterocycles. The zero-order valence-corrected chi connectivity index (χ0v) is 40.7. The monoisotopic (exact) mass is 1110 g/mol. The maximum absolute atomic E-state index is 10.9. The summed E-state index contributed by atoms with van der Waals surface area (Å²) in [6, 6.07) is 28.2. The van der Waals surface area contributed by atoms with E-state index in [-0.39, 0.29) is 5.91 Å². The molecule has 9 nitrogen and oxygen atoms in total. The average Bonchev–Trinajstić information content (AvgIpc) is 3.87. The van der Waals surface area contributed by atoms with Crippen molar-refractivity contribution in [2.75, 3.05) is 11.9 Å². The van der Waals surface area contributed by atoms with Gasteiger partial charge in [0.15, 0.2) is 6.29 Å². The zero-order valence-electron chi connectivity index (χ0n) is 31.0. The molecule has 0 aliphatic carbocycles. The molecule has 1 aliphatic rings. The lowest BCUT2D eigenvalue weighted by Gasteiger charge is -2.16. The number of hydrogen-bond acceptors (Lipinski definition) is 5. The Morgan fingerprint density at radius 3 is 1.95 bits per heavy atom. The molecule has 298 valence electrons. The Balaban J connectivity index is 0.000000152. The van der Waals surface area contributed by atoms with Crippen LogP contribution in [0.25, 0.3) is 32.7 Å². The second kappa shape index (κ2) is 20.2. The van der Waals surface area contributed by atoms with Gasteiger partial charge in [-0.05, 0) is 84.4 Å².